The lowest BCUT2D eigenvalue weighted by atomic mass is 10.1. The molecule has 1 saturated heterocycles. The van der Waals surface area contributed by atoms with E-state index in [9.17, 15) is 22.8 Å². The molecule has 0 bridgehead atoms. The van der Waals surface area contributed by atoms with Crippen LogP contribution in [0.4, 0.5) is 18.0 Å². The van der Waals surface area contributed by atoms with Gasteiger partial charge in [-0.25, -0.2) is 4.79 Å². The molecule has 0 aliphatic carbocycles. The van der Waals surface area contributed by atoms with Crippen LogP contribution in [0, 0.1) is 0 Å². The first-order valence-corrected chi connectivity index (χ1v) is 9.33. The van der Waals surface area contributed by atoms with E-state index in [1.54, 1.807) is 0 Å². The molecule has 0 unspecified atom stereocenters. The number of benzene rings is 1. The van der Waals surface area contributed by atoms with E-state index in [1.165, 1.54) is 35.2 Å². The largest absolute Gasteiger partial charge is 0.416 e. The Balaban J connectivity index is 2.26. The summed E-state index contributed by atoms with van der Waals surface area (Å²) in [6, 6.07) is 4.46. The summed E-state index contributed by atoms with van der Waals surface area (Å²) >= 11 is 0. The van der Waals surface area contributed by atoms with Gasteiger partial charge in [0.05, 0.1) is 30.6 Å². The molecule has 3 amide bonds. The fourth-order valence-corrected chi connectivity index (χ4v) is 2.78. The molecule has 7 nitrogen and oxygen atoms in total. The predicted molar refractivity (Wildman–Crippen MR) is 107 cm³/mol. The first-order chi connectivity index (χ1) is 13.8. The minimum atomic E-state index is -4.45. The lowest BCUT2D eigenvalue weighted by Crippen LogP contribution is -2.54. The Hall–Kier alpha value is -3.04. The highest BCUT2D eigenvalue weighted by atomic mass is 19.4. The van der Waals surface area contributed by atoms with E-state index in [4.69, 9.17) is 5.73 Å². The van der Waals surface area contributed by atoms with Crippen molar-refractivity contribution >= 4 is 18.2 Å². The third-order valence-corrected chi connectivity index (χ3v) is 4.37. The van der Waals surface area contributed by atoms with Crippen LogP contribution < -0.4 is 11.1 Å². The van der Waals surface area contributed by atoms with Gasteiger partial charge in [0, 0.05) is 17.7 Å². The number of urea groups is 1. The fourth-order valence-electron chi connectivity index (χ4n) is 2.78. The van der Waals surface area contributed by atoms with Gasteiger partial charge >= 0.3 is 12.2 Å². The number of alkyl halides is 3. The highest BCUT2D eigenvalue weighted by Crippen LogP contribution is 2.29. The number of piperazine rings is 1. The van der Waals surface area contributed by atoms with Crippen molar-refractivity contribution in [1.82, 2.24) is 15.2 Å². The van der Waals surface area contributed by atoms with Crippen molar-refractivity contribution in [2.75, 3.05) is 19.6 Å². The van der Waals surface area contributed by atoms with Crippen molar-refractivity contribution in [1.29, 1.82) is 0 Å². The molecule has 0 aromatic heterocycles. The third-order valence-electron chi connectivity index (χ3n) is 4.37. The summed E-state index contributed by atoms with van der Waals surface area (Å²) in [5.41, 5.74) is 5.10. The highest BCUT2D eigenvalue weighted by molar-refractivity contribution is 5.92. The van der Waals surface area contributed by atoms with Gasteiger partial charge in [0.25, 0.3) is 0 Å². The molecule has 1 fully saturated rings. The number of halogens is 3. The second-order valence-corrected chi connectivity index (χ2v) is 8.03. The molecule has 2 rings (SSSR count). The van der Waals surface area contributed by atoms with Crippen LogP contribution in [0.25, 0.3) is 0 Å². The average Bonchev–Trinajstić information content (AvgIpc) is 2.63. The molecular formula is C20H26F3N5O2. The number of hydrazone groups is 1. The van der Waals surface area contributed by atoms with E-state index < -0.39 is 23.2 Å². The maximum atomic E-state index is 12.9. The highest BCUT2D eigenvalue weighted by Gasteiger charge is 2.31. The van der Waals surface area contributed by atoms with Crippen molar-refractivity contribution in [2.24, 2.45) is 10.8 Å². The van der Waals surface area contributed by atoms with E-state index >= 15 is 0 Å². The van der Waals surface area contributed by atoms with Gasteiger partial charge in [0.15, 0.2) is 0 Å². The summed E-state index contributed by atoms with van der Waals surface area (Å²) in [5.74, 6) is -0.664. The van der Waals surface area contributed by atoms with Gasteiger partial charge in [-0.3, -0.25) is 9.80 Å². The molecule has 30 heavy (non-hydrogen) atoms. The number of amides is 3. The molecule has 0 spiro atoms. The second-order valence-electron chi connectivity index (χ2n) is 8.03. The minimum absolute atomic E-state index is 0.0939. The lowest BCUT2D eigenvalue weighted by Gasteiger charge is -2.37. The molecule has 0 atom stereocenters. The molecule has 1 aliphatic heterocycles. The predicted octanol–water partition coefficient (Wildman–Crippen LogP) is 2.92. The molecule has 0 saturated carbocycles. The molecule has 1 heterocycles. The van der Waals surface area contributed by atoms with Crippen LogP contribution in [-0.2, 0) is 11.0 Å². The van der Waals surface area contributed by atoms with Gasteiger partial charge in [0.2, 0.25) is 5.91 Å². The Kier molecular flexibility index (Phi) is 6.79. The van der Waals surface area contributed by atoms with Gasteiger partial charge < -0.3 is 16.0 Å². The number of hydrogen-bond donors (Lipinski definition) is 2. The summed E-state index contributed by atoms with van der Waals surface area (Å²) in [6.45, 7) is 7.75. The topological polar surface area (TPSA) is 91.0 Å². The third kappa shape index (κ3) is 6.23. The van der Waals surface area contributed by atoms with Crippen LogP contribution in [-0.4, -0.2) is 53.2 Å². The van der Waals surface area contributed by atoms with Crippen molar-refractivity contribution < 1.29 is 22.8 Å². The Morgan fingerprint density at radius 2 is 1.87 bits per heavy atom. The van der Waals surface area contributed by atoms with Crippen LogP contribution in [0.3, 0.4) is 0 Å². The zero-order chi connectivity index (χ0) is 22.7. The van der Waals surface area contributed by atoms with Crippen LogP contribution in [0.5, 0.6) is 0 Å². The Morgan fingerprint density at radius 3 is 2.43 bits per heavy atom. The van der Waals surface area contributed by atoms with Crippen LogP contribution in [0.15, 0.2) is 40.6 Å². The first kappa shape index (κ1) is 23.2. The smallest absolute Gasteiger partial charge is 0.366 e. The molecule has 1 aromatic carbocycles. The number of nitrogens with one attached hydrogen (secondary N) is 1. The van der Waals surface area contributed by atoms with Gasteiger partial charge in [0.1, 0.15) is 0 Å². The summed E-state index contributed by atoms with van der Waals surface area (Å²) in [4.78, 5) is 25.7. The molecule has 1 aliphatic rings. The maximum absolute atomic E-state index is 12.9. The van der Waals surface area contributed by atoms with Crippen molar-refractivity contribution in [2.45, 2.75) is 39.4 Å². The summed E-state index contributed by atoms with van der Waals surface area (Å²) in [7, 11) is 0. The minimum Gasteiger partial charge on any atom is -0.366 e. The first-order valence-electron chi connectivity index (χ1n) is 9.33. The molecular weight excluding hydrogens is 399 g/mol. The maximum Gasteiger partial charge on any atom is 0.416 e. The van der Waals surface area contributed by atoms with Crippen LogP contribution >= 0.6 is 0 Å². The molecule has 0 radical (unpaired) electrons. The zero-order valence-electron chi connectivity index (χ0n) is 17.4. The van der Waals surface area contributed by atoms with E-state index in [0.717, 1.165) is 12.1 Å². The number of nitrogens with zero attached hydrogens (tertiary/aromatic N) is 3. The Morgan fingerprint density at radius 1 is 1.20 bits per heavy atom. The molecule has 1 aromatic rings. The van der Waals surface area contributed by atoms with Crippen molar-refractivity contribution in [3.63, 3.8) is 0 Å². The standard InChI is InChI=1S/C20H26F3N5O2/c1-13(17(24)29)16-12-27(18(30)26-19(2,3)4)8-9-28(16)25-11-14-6-5-7-15(10-14)20(21,22)23/h5-7,10-11H,8-9,12H2,1-4H3,(H2,24,29)(H,26,30)/b16-13+,25-11+. The van der Waals surface area contributed by atoms with Crippen molar-refractivity contribution in [3.05, 3.63) is 46.7 Å². The quantitative estimate of drug-likeness (QED) is 0.576. The number of carbonyl (C=O) groups is 2. The lowest BCUT2D eigenvalue weighted by molar-refractivity contribution is -0.137. The molecule has 164 valence electrons. The number of nitrogens with two attached hydrogens (primary N) is 1. The summed E-state index contributed by atoms with van der Waals surface area (Å²) < 4.78 is 38.7. The zero-order valence-corrected chi connectivity index (χ0v) is 17.4. The average molecular weight is 425 g/mol. The summed E-state index contributed by atoms with van der Waals surface area (Å²) in [6.07, 6.45) is -3.17. The monoisotopic (exact) mass is 425 g/mol. The van der Waals surface area contributed by atoms with Crippen LogP contribution in [0.1, 0.15) is 38.8 Å². The Labute approximate surface area is 173 Å². The van der Waals surface area contributed by atoms with E-state index in [2.05, 4.69) is 10.4 Å². The summed E-state index contributed by atoms with van der Waals surface area (Å²) in [5, 5.41) is 8.59. The second kappa shape index (κ2) is 8.76. The van der Waals surface area contributed by atoms with E-state index in [0.29, 0.717) is 12.2 Å². The number of rotatable bonds is 3. The van der Waals surface area contributed by atoms with E-state index in [-0.39, 0.29) is 30.3 Å². The van der Waals surface area contributed by atoms with Crippen LogP contribution in [0.2, 0.25) is 0 Å². The number of carbonyl (C=O) groups excluding carboxylic acids is 2. The van der Waals surface area contributed by atoms with Gasteiger partial charge in [-0.15, -0.1) is 0 Å². The number of hydrogen-bond acceptors (Lipinski definition) is 4. The molecule has 3 N–H and O–H groups in total. The normalized spacial score (nSPS) is 17.3. The van der Waals surface area contributed by atoms with Gasteiger partial charge in [-0.2, -0.15) is 18.3 Å². The Bertz CT molecular complexity index is 872. The van der Waals surface area contributed by atoms with E-state index in [1.807, 2.05) is 20.8 Å². The molecule has 10 heteroatoms. The SMILES string of the molecule is C/C(C(N)=O)=C1/CN(C(=O)NC(C)(C)C)CCN1/N=C/c1cccc(C(F)(F)F)c1. The fraction of sp³-hybridized carbons (Fsp3) is 0.450. The van der Waals surface area contributed by atoms with Gasteiger partial charge in [-0.1, -0.05) is 12.1 Å². The van der Waals surface area contributed by atoms with Gasteiger partial charge in [-0.05, 0) is 45.4 Å². The number of primary amides is 1. The van der Waals surface area contributed by atoms with Crippen molar-refractivity contribution in [3.8, 4) is 0 Å².